The average molecular weight is 396 g/mol. The van der Waals surface area contributed by atoms with Crippen molar-refractivity contribution in [1.82, 2.24) is 0 Å². The summed E-state index contributed by atoms with van der Waals surface area (Å²) in [6.45, 7) is 4.48. The Morgan fingerprint density at radius 3 is 1.57 bits per heavy atom. The average Bonchev–Trinajstić information content (AvgIpc) is 2.68. The topological polar surface area (TPSA) is 43.4 Å². The fourth-order valence-corrected chi connectivity index (χ4v) is 3.63. The van der Waals surface area contributed by atoms with Gasteiger partial charge in [-0.05, 0) is 19.3 Å². The van der Waals surface area contributed by atoms with Crippen molar-refractivity contribution in [3.05, 3.63) is 0 Å². The van der Waals surface area contributed by atoms with E-state index in [2.05, 4.69) is 13.8 Å². The van der Waals surface area contributed by atoms with E-state index in [4.69, 9.17) is 4.74 Å². The van der Waals surface area contributed by atoms with Crippen LogP contribution in [0, 0.1) is 0 Å². The zero-order valence-electron chi connectivity index (χ0n) is 18.9. The van der Waals surface area contributed by atoms with Gasteiger partial charge in [0, 0.05) is 6.42 Å². The lowest BCUT2D eigenvalue weighted by atomic mass is 10.0. The Hall–Kier alpha value is -0.860. The Labute approximate surface area is 175 Å². The van der Waals surface area contributed by atoms with Gasteiger partial charge in [0.25, 0.3) is 0 Å². The molecule has 0 spiro atoms. The maximum Gasteiger partial charge on any atom is 0.306 e. The molecule has 0 aliphatic carbocycles. The third kappa shape index (κ3) is 19.9. The maximum absolute atomic E-state index is 12.0. The van der Waals surface area contributed by atoms with Gasteiger partial charge in [-0.1, -0.05) is 110 Å². The van der Waals surface area contributed by atoms with E-state index in [9.17, 15) is 9.59 Å². The van der Waals surface area contributed by atoms with Crippen molar-refractivity contribution >= 4 is 12.3 Å². The SMILES string of the molecule is CCCCCCCCCCCC(=O)OC(C[C]=O)CCCCCCCCCC. The van der Waals surface area contributed by atoms with Crippen molar-refractivity contribution < 1.29 is 14.3 Å². The molecule has 1 radical (unpaired) electrons. The van der Waals surface area contributed by atoms with Crippen LogP contribution in [0.25, 0.3) is 0 Å². The minimum Gasteiger partial charge on any atom is -0.462 e. The molecule has 0 bridgehead atoms. The number of unbranched alkanes of at least 4 members (excludes halogenated alkanes) is 15. The van der Waals surface area contributed by atoms with Gasteiger partial charge in [0.05, 0.1) is 6.42 Å². The van der Waals surface area contributed by atoms with Crippen molar-refractivity contribution in [3.8, 4) is 0 Å². The summed E-state index contributed by atoms with van der Waals surface area (Å²) in [5.74, 6) is -0.136. The zero-order valence-corrected chi connectivity index (χ0v) is 18.9. The molecule has 0 heterocycles. The van der Waals surface area contributed by atoms with Crippen molar-refractivity contribution in [2.24, 2.45) is 0 Å². The number of hydrogen-bond donors (Lipinski definition) is 0. The molecule has 0 amide bonds. The zero-order chi connectivity index (χ0) is 20.7. The highest BCUT2D eigenvalue weighted by molar-refractivity contribution is 5.69. The molecule has 0 fully saturated rings. The van der Waals surface area contributed by atoms with E-state index in [1.54, 1.807) is 0 Å². The number of rotatable bonds is 22. The minimum absolute atomic E-state index is 0.136. The molecule has 0 aliphatic heterocycles. The third-order valence-electron chi connectivity index (χ3n) is 5.47. The summed E-state index contributed by atoms with van der Waals surface area (Å²) in [5, 5.41) is 0. The first-order valence-corrected chi connectivity index (χ1v) is 12.3. The lowest BCUT2D eigenvalue weighted by molar-refractivity contribution is -0.149. The van der Waals surface area contributed by atoms with E-state index in [0.717, 1.165) is 32.1 Å². The largest absolute Gasteiger partial charge is 0.462 e. The molecule has 3 nitrogen and oxygen atoms in total. The minimum atomic E-state index is -0.261. The first-order valence-electron chi connectivity index (χ1n) is 12.3. The standard InChI is InChI=1S/C25H47O3/c1-3-5-7-9-11-13-15-17-19-21-25(27)28-24(22-23-26)20-18-16-14-12-10-8-6-4-2/h24H,3-22H2,1-2H3. The Morgan fingerprint density at radius 1 is 0.679 bits per heavy atom. The molecule has 0 aliphatic rings. The van der Waals surface area contributed by atoms with Crippen LogP contribution < -0.4 is 0 Å². The Bertz CT molecular complexity index is 341. The highest BCUT2D eigenvalue weighted by atomic mass is 16.5. The fraction of sp³-hybridized carbons (Fsp3) is 0.920. The van der Waals surface area contributed by atoms with Gasteiger partial charge in [-0.15, -0.1) is 0 Å². The Balaban J connectivity index is 3.62. The summed E-state index contributed by atoms with van der Waals surface area (Å²) < 4.78 is 5.52. The number of ether oxygens (including phenoxy) is 1. The number of carbonyl (C=O) groups excluding carboxylic acids is 2. The summed E-state index contributed by atoms with van der Waals surface area (Å²) >= 11 is 0. The van der Waals surface area contributed by atoms with Gasteiger partial charge >= 0.3 is 5.97 Å². The van der Waals surface area contributed by atoms with Crippen LogP contribution in [0.1, 0.15) is 142 Å². The molecule has 3 heteroatoms. The van der Waals surface area contributed by atoms with Crippen LogP contribution >= 0.6 is 0 Å². The number of carbonyl (C=O) groups is 1. The van der Waals surface area contributed by atoms with Crippen LogP contribution in [-0.4, -0.2) is 18.4 Å². The molecule has 0 aromatic heterocycles. The van der Waals surface area contributed by atoms with Crippen molar-refractivity contribution in [1.29, 1.82) is 0 Å². The van der Waals surface area contributed by atoms with Gasteiger partial charge in [-0.3, -0.25) is 9.59 Å². The molecule has 0 saturated heterocycles. The summed E-state index contributed by atoms with van der Waals surface area (Å²) in [4.78, 5) is 22.8. The number of esters is 1. The van der Waals surface area contributed by atoms with Gasteiger partial charge in [0.2, 0.25) is 6.29 Å². The van der Waals surface area contributed by atoms with E-state index in [0.29, 0.717) is 6.42 Å². The fourth-order valence-electron chi connectivity index (χ4n) is 3.63. The molecule has 0 aromatic rings. The second kappa shape index (κ2) is 22.4. The highest BCUT2D eigenvalue weighted by Gasteiger charge is 2.14. The molecular formula is C25H47O3. The first kappa shape index (κ1) is 27.1. The van der Waals surface area contributed by atoms with Gasteiger partial charge in [-0.25, -0.2) is 0 Å². The molecule has 165 valence electrons. The van der Waals surface area contributed by atoms with Gasteiger partial charge < -0.3 is 4.74 Å². The van der Waals surface area contributed by atoms with Crippen LogP contribution in [0.3, 0.4) is 0 Å². The quantitative estimate of drug-likeness (QED) is 0.138. The summed E-state index contributed by atoms with van der Waals surface area (Å²) in [6, 6.07) is 0. The normalized spacial score (nSPS) is 12.1. The second-order valence-electron chi connectivity index (χ2n) is 8.30. The van der Waals surface area contributed by atoms with E-state index >= 15 is 0 Å². The summed E-state index contributed by atoms with van der Waals surface area (Å²) in [5.41, 5.74) is 0. The van der Waals surface area contributed by atoms with Crippen LogP contribution in [0.5, 0.6) is 0 Å². The monoisotopic (exact) mass is 395 g/mol. The predicted octanol–water partition coefficient (Wildman–Crippen LogP) is 7.85. The van der Waals surface area contributed by atoms with Crippen molar-refractivity contribution in [3.63, 3.8) is 0 Å². The van der Waals surface area contributed by atoms with E-state index in [-0.39, 0.29) is 18.5 Å². The molecular weight excluding hydrogens is 348 g/mol. The van der Waals surface area contributed by atoms with Crippen LogP contribution in [0.2, 0.25) is 0 Å². The molecule has 0 aromatic carbocycles. The van der Waals surface area contributed by atoms with Gasteiger partial charge in [0.1, 0.15) is 6.10 Å². The molecule has 0 N–H and O–H groups in total. The lowest BCUT2D eigenvalue weighted by Crippen LogP contribution is -2.18. The molecule has 28 heavy (non-hydrogen) atoms. The number of hydrogen-bond acceptors (Lipinski definition) is 3. The lowest BCUT2D eigenvalue weighted by Gasteiger charge is -2.15. The highest BCUT2D eigenvalue weighted by Crippen LogP contribution is 2.15. The van der Waals surface area contributed by atoms with Crippen LogP contribution in [0.4, 0.5) is 0 Å². The van der Waals surface area contributed by atoms with Crippen molar-refractivity contribution in [2.75, 3.05) is 0 Å². The molecule has 0 saturated carbocycles. The van der Waals surface area contributed by atoms with E-state index < -0.39 is 0 Å². The first-order chi connectivity index (χ1) is 13.7. The summed E-state index contributed by atoms with van der Waals surface area (Å²) in [6.07, 6.45) is 24.4. The van der Waals surface area contributed by atoms with Crippen LogP contribution in [-0.2, 0) is 14.3 Å². The maximum atomic E-state index is 12.0. The third-order valence-corrected chi connectivity index (χ3v) is 5.47. The van der Waals surface area contributed by atoms with Crippen LogP contribution in [0.15, 0.2) is 0 Å². The smallest absolute Gasteiger partial charge is 0.306 e. The van der Waals surface area contributed by atoms with E-state index in [1.165, 1.54) is 83.5 Å². The predicted molar refractivity (Wildman–Crippen MR) is 119 cm³/mol. The summed E-state index contributed by atoms with van der Waals surface area (Å²) in [7, 11) is 0. The second-order valence-corrected chi connectivity index (χ2v) is 8.30. The Morgan fingerprint density at radius 2 is 1.11 bits per heavy atom. The van der Waals surface area contributed by atoms with Gasteiger partial charge in [-0.2, -0.15) is 0 Å². The Kier molecular flexibility index (Phi) is 21.7. The molecule has 1 unspecified atom stereocenters. The molecule has 0 rings (SSSR count). The molecule has 1 atom stereocenters. The van der Waals surface area contributed by atoms with Gasteiger partial charge in [0.15, 0.2) is 0 Å². The van der Waals surface area contributed by atoms with Crippen molar-refractivity contribution in [2.45, 2.75) is 148 Å². The van der Waals surface area contributed by atoms with E-state index in [1.807, 2.05) is 6.29 Å².